The number of aromatic nitrogens is 3. The van der Waals surface area contributed by atoms with E-state index in [2.05, 4.69) is 47.2 Å². The second-order valence-electron chi connectivity index (χ2n) is 10.8. The average Bonchev–Trinajstić information content (AvgIpc) is 3.17. The summed E-state index contributed by atoms with van der Waals surface area (Å²) in [4.78, 5) is 24.1. The lowest BCUT2D eigenvalue weighted by molar-refractivity contribution is -0.123. The van der Waals surface area contributed by atoms with E-state index >= 15 is 0 Å². The Bertz CT molecular complexity index is 1450. The summed E-state index contributed by atoms with van der Waals surface area (Å²) < 4.78 is 14.0. The van der Waals surface area contributed by atoms with Crippen LogP contribution in [-0.2, 0) is 23.0 Å². The fourth-order valence-electron chi connectivity index (χ4n) is 5.13. The van der Waals surface area contributed by atoms with Crippen LogP contribution in [0, 0.1) is 0 Å². The van der Waals surface area contributed by atoms with Gasteiger partial charge in [0, 0.05) is 44.2 Å². The summed E-state index contributed by atoms with van der Waals surface area (Å²) in [6.45, 7) is 10.4. The van der Waals surface area contributed by atoms with Crippen molar-refractivity contribution in [2.75, 3.05) is 25.0 Å². The van der Waals surface area contributed by atoms with Crippen molar-refractivity contribution in [3.63, 3.8) is 0 Å². The molecule has 3 heterocycles. The predicted molar refractivity (Wildman–Crippen MR) is 154 cm³/mol. The van der Waals surface area contributed by atoms with Gasteiger partial charge in [0.25, 0.3) is 0 Å². The fraction of sp³-hybridized carbons (Fsp3) is 0.387. The van der Waals surface area contributed by atoms with Crippen LogP contribution in [0.25, 0.3) is 11.0 Å². The number of fused-ring (bicyclic) bond motifs is 1. The van der Waals surface area contributed by atoms with Crippen molar-refractivity contribution in [1.29, 1.82) is 0 Å². The van der Waals surface area contributed by atoms with Gasteiger partial charge in [0.2, 0.25) is 5.95 Å². The molecule has 4 aromatic rings. The van der Waals surface area contributed by atoms with Crippen molar-refractivity contribution < 1.29 is 14.3 Å². The lowest BCUT2D eigenvalue weighted by atomic mass is 10.0. The van der Waals surface area contributed by atoms with Crippen LogP contribution in [0.3, 0.4) is 0 Å². The molecule has 0 amide bonds. The number of hydrogen-bond acceptors (Lipinski definition) is 7. The fourth-order valence-corrected chi connectivity index (χ4v) is 5.13. The Morgan fingerprint density at radius 3 is 2.62 bits per heavy atom. The molecule has 2 aromatic heterocycles. The van der Waals surface area contributed by atoms with E-state index in [9.17, 15) is 4.79 Å². The predicted octanol–water partition coefficient (Wildman–Crippen LogP) is 5.85. The number of ketones is 1. The summed E-state index contributed by atoms with van der Waals surface area (Å²) in [6, 6.07) is 17.9. The lowest BCUT2D eigenvalue weighted by Crippen LogP contribution is -2.47. The van der Waals surface area contributed by atoms with Gasteiger partial charge < -0.3 is 19.4 Å². The van der Waals surface area contributed by atoms with Crippen LogP contribution < -0.4 is 10.1 Å². The quantitative estimate of drug-likeness (QED) is 0.292. The third-order valence-corrected chi connectivity index (χ3v) is 6.96. The Labute approximate surface area is 230 Å². The molecule has 1 saturated heterocycles. The van der Waals surface area contributed by atoms with Crippen LogP contribution >= 0.6 is 0 Å². The number of carbonyl (C=O) groups is 1. The first-order chi connectivity index (χ1) is 18.7. The molecule has 0 unspecified atom stereocenters. The highest BCUT2D eigenvalue weighted by Gasteiger charge is 2.23. The number of aryl methyl sites for hydroxylation is 1. The largest absolute Gasteiger partial charge is 0.457 e. The molecule has 1 fully saturated rings. The molecule has 39 heavy (non-hydrogen) atoms. The van der Waals surface area contributed by atoms with Crippen molar-refractivity contribution in [1.82, 2.24) is 19.4 Å². The third-order valence-electron chi connectivity index (χ3n) is 6.96. The van der Waals surface area contributed by atoms with E-state index < -0.39 is 0 Å². The molecular weight excluding hydrogens is 490 g/mol. The maximum Gasteiger partial charge on any atom is 0.208 e. The van der Waals surface area contributed by atoms with E-state index in [1.165, 1.54) is 5.56 Å². The Kier molecular flexibility index (Phi) is 7.95. The van der Waals surface area contributed by atoms with Crippen LogP contribution in [-0.4, -0.2) is 57.1 Å². The number of rotatable bonds is 9. The first-order valence-corrected chi connectivity index (χ1v) is 13.6. The van der Waals surface area contributed by atoms with Crippen molar-refractivity contribution in [3.05, 3.63) is 72.1 Å². The molecule has 0 bridgehead atoms. The zero-order valence-electron chi connectivity index (χ0n) is 23.3. The molecule has 5 rings (SSSR count). The van der Waals surface area contributed by atoms with Gasteiger partial charge in [-0.3, -0.25) is 14.7 Å². The summed E-state index contributed by atoms with van der Waals surface area (Å²) in [5.41, 5.74) is 4.81. The minimum atomic E-state index is 0.134. The summed E-state index contributed by atoms with van der Waals surface area (Å²) >= 11 is 0. The molecule has 0 radical (unpaired) electrons. The number of Topliss-reactive ketones (excluding diaryl/α,β-unsaturated/α-hetero) is 1. The molecule has 8 heteroatoms. The van der Waals surface area contributed by atoms with E-state index in [1.807, 2.05) is 55.8 Å². The molecule has 1 aliphatic heterocycles. The van der Waals surface area contributed by atoms with Gasteiger partial charge >= 0.3 is 0 Å². The highest BCUT2D eigenvalue weighted by molar-refractivity contribution is 5.83. The van der Waals surface area contributed by atoms with Gasteiger partial charge in [-0.15, -0.1) is 0 Å². The summed E-state index contributed by atoms with van der Waals surface area (Å²) in [5.74, 6) is 2.66. The second-order valence-corrected chi connectivity index (χ2v) is 10.8. The van der Waals surface area contributed by atoms with Gasteiger partial charge in [-0.1, -0.05) is 26.0 Å². The normalized spacial score (nSPS) is 18.0. The van der Waals surface area contributed by atoms with Gasteiger partial charge in [0.1, 0.15) is 11.5 Å². The van der Waals surface area contributed by atoms with E-state index in [-0.39, 0.29) is 24.4 Å². The van der Waals surface area contributed by atoms with Gasteiger partial charge in [-0.05, 0) is 55.7 Å². The minimum Gasteiger partial charge on any atom is -0.457 e. The zero-order valence-corrected chi connectivity index (χ0v) is 23.3. The van der Waals surface area contributed by atoms with Crippen molar-refractivity contribution >= 4 is 28.5 Å². The highest BCUT2D eigenvalue weighted by atomic mass is 16.5. The molecular formula is C31H37N5O3. The van der Waals surface area contributed by atoms with Crippen LogP contribution in [0.5, 0.6) is 11.5 Å². The molecule has 2 aromatic carbocycles. The number of nitrogens with one attached hydrogen (secondary N) is 1. The Hall–Kier alpha value is -3.75. The van der Waals surface area contributed by atoms with Gasteiger partial charge in [0.05, 0.1) is 41.9 Å². The molecule has 8 nitrogen and oxygen atoms in total. The van der Waals surface area contributed by atoms with E-state index in [1.54, 1.807) is 12.3 Å². The number of hydrogen-bond donors (Lipinski definition) is 1. The summed E-state index contributed by atoms with van der Waals surface area (Å²) in [6.07, 6.45) is 2.22. The summed E-state index contributed by atoms with van der Waals surface area (Å²) in [7, 11) is 1.99. The molecule has 0 aliphatic carbocycles. The number of anilines is 2. The average molecular weight is 528 g/mol. The molecule has 2 atom stereocenters. The maximum absolute atomic E-state index is 12.7. The molecule has 1 aliphatic rings. The molecule has 204 valence electrons. The van der Waals surface area contributed by atoms with Crippen molar-refractivity contribution in [3.8, 4) is 11.5 Å². The van der Waals surface area contributed by atoms with Crippen LogP contribution in [0.2, 0.25) is 0 Å². The SMILES string of the molecule is CC(C)c1cccc(Nc2nc3cc(Oc4ccnc(CC(=O)CN5C[C@@H](C)O[C@@H](C)C5)c4)ccc3n2C)c1. The highest BCUT2D eigenvalue weighted by Crippen LogP contribution is 2.29. The summed E-state index contributed by atoms with van der Waals surface area (Å²) in [5, 5.41) is 3.45. The first kappa shape index (κ1) is 26.8. The number of ether oxygens (including phenoxy) is 2. The third kappa shape index (κ3) is 6.64. The van der Waals surface area contributed by atoms with Crippen molar-refractivity contribution in [2.24, 2.45) is 7.05 Å². The van der Waals surface area contributed by atoms with Crippen LogP contribution in [0.1, 0.15) is 44.9 Å². The van der Waals surface area contributed by atoms with Crippen molar-refractivity contribution in [2.45, 2.75) is 52.2 Å². The van der Waals surface area contributed by atoms with Gasteiger partial charge in [0.15, 0.2) is 5.78 Å². The van der Waals surface area contributed by atoms with Gasteiger partial charge in [-0.25, -0.2) is 4.98 Å². The lowest BCUT2D eigenvalue weighted by Gasteiger charge is -2.34. The first-order valence-electron chi connectivity index (χ1n) is 13.6. The Morgan fingerprint density at radius 2 is 1.85 bits per heavy atom. The number of pyridine rings is 1. The number of benzene rings is 2. The van der Waals surface area contributed by atoms with E-state index in [0.29, 0.717) is 29.7 Å². The van der Waals surface area contributed by atoms with Crippen LogP contribution in [0.15, 0.2) is 60.8 Å². The monoisotopic (exact) mass is 527 g/mol. The number of nitrogens with zero attached hydrogens (tertiary/aromatic N) is 4. The maximum atomic E-state index is 12.7. The second kappa shape index (κ2) is 11.6. The Balaban J connectivity index is 1.25. The number of morpholine rings is 1. The topological polar surface area (TPSA) is 81.5 Å². The number of carbonyl (C=O) groups excluding carboxylic acids is 1. The zero-order chi connectivity index (χ0) is 27.5. The molecule has 1 N–H and O–H groups in total. The Morgan fingerprint density at radius 1 is 1.08 bits per heavy atom. The van der Waals surface area contributed by atoms with Crippen LogP contribution in [0.4, 0.5) is 11.6 Å². The van der Waals surface area contributed by atoms with E-state index in [4.69, 9.17) is 14.5 Å². The molecule has 0 saturated carbocycles. The number of imidazole rings is 1. The standard InChI is InChI=1S/C31H37N5O3/c1-20(2)23-7-6-8-24(13-23)33-31-34-29-16-27(9-10-30(29)35(31)5)39-28-11-12-32-25(15-28)14-26(37)19-36-17-21(3)38-22(4)18-36/h6-13,15-16,20-22H,14,17-19H2,1-5H3,(H,33,34)/t21-,22+. The molecule has 0 spiro atoms. The minimum absolute atomic E-state index is 0.134. The smallest absolute Gasteiger partial charge is 0.208 e. The van der Waals surface area contributed by atoms with Gasteiger partial charge in [-0.2, -0.15) is 0 Å². The van der Waals surface area contributed by atoms with E-state index in [0.717, 1.165) is 35.8 Å².